The van der Waals surface area contributed by atoms with Crippen LogP contribution >= 0.6 is 0 Å². The van der Waals surface area contributed by atoms with Crippen molar-refractivity contribution in [1.82, 2.24) is 24.3 Å². The van der Waals surface area contributed by atoms with Crippen LogP contribution < -0.4 is 0 Å². The lowest BCUT2D eigenvalue weighted by atomic mass is 10.0. The molecule has 0 N–H and O–H groups in total. The van der Waals surface area contributed by atoms with Crippen LogP contribution in [0.25, 0.3) is 10.9 Å². The van der Waals surface area contributed by atoms with Crippen molar-refractivity contribution in [3.05, 3.63) is 29.7 Å². The second-order valence-electron chi connectivity index (χ2n) is 8.03. The molecule has 0 atom stereocenters. The Balaban J connectivity index is 1.60. The Hall–Kier alpha value is -1.92. The summed E-state index contributed by atoms with van der Waals surface area (Å²) in [6, 6.07) is 2.65. The van der Waals surface area contributed by atoms with Gasteiger partial charge in [-0.15, -0.1) is 0 Å². The summed E-state index contributed by atoms with van der Waals surface area (Å²) in [5.74, 6) is 0.237. The number of aromatic nitrogens is 2. The van der Waals surface area contributed by atoms with Crippen molar-refractivity contribution in [3.8, 4) is 0 Å². The second-order valence-corrected chi connectivity index (χ2v) is 8.03. The van der Waals surface area contributed by atoms with Gasteiger partial charge in [0, 0.05) is 69.0 Å². The van der Waals surface area contributed by atoms with Gasteiger partial charge in [-0.25, -0.2) is 0 Å². The smallest absolute Gasteiger partial charge is 0.242 e. The number of carbonyl (C=O) groups excluding carboxylic acids is 1. The fourth-order valence-electron chi connectivity index (χ4n) is 4.48. The van der Waals surface area contributed by atoms with Crippen molar-refractivity contribution in [2.75, 3.05) is 39.3 Å². The minimum atomic E-state index is 0.237. The van der Waals surface area contributed by atoms with Crippen LogP contribution in [0.1, 0.15) is 32.0 Å². The van der Waals surface area contributed by atoms with Gasteiger partial charge >= 0.3 is 0 Å². The molecule has 2 aliphatic heterocycles. The first-order chi connectivity index (χ1) is 13.1. The molecule has 1 amide bonds. The second kappa shape index (κ2) is 7.60. The van der Waals surface area contributed by atoms with E-state index in [2.05, 4.69) is 46.2 Å². The van der Waals surface area contributed by atoms with Crippen LogP contribution in [0.3, 0.4) is 0 Å². The van der Waals surface area contributed by atoms with Crippen LogP contribution in [-0.2, 0) is 24.3 Å². The Kier molecular flexibility index (Phi) is 5.19. The van der Waals surface area contributed by atoms with E-state index < -0.39 is 0 Å². The van der Waals surface area contributed by atoms with E-state index >= 15 is 0 Å². The van der Waals surface area contributed by atoms with Crippen LogP contribution in [0, 0.1) is 0 Å². The molecule has 0 aliphatic carbocycles. The molecule has 0 bridgehead atoms. The van der Waals surface area contributed by atoms with E-state index in [0.717, 1.165) is 57.8 Å². The van der Waals surface area contributed by atoms with Gasteiger partial charge in [0.1, 0.15) is 6.54 Å². The molecule has 6 heteroatoms. The average Bonchev–Trinajstić information content (AvgIpc) is 3.01. The predicted octanol–water partition coefficient (Wildman–Crippen LogP) is 1.97. The number of rotatable bonds is 4. The zero-order valence-corrected chi connectivity index (χ0v) is 16.8. The third kappa shape index (κ3) is 3.48. The highest BCUT2D eigenvalue weighted by molar-refractivity contribution is 5.87. The molecule has 1 fully saturated rings. The lowest BCUT2D eigenvalue weighted by Crippen LogP contribution is -2.49. The van der Waals surface area contributed by atoms with Crippen molar-refractivity contribution in [2.24, 2.45) is 0 Å². The molecule has 0 saturated carbocycles. The third-order valence-corrected chi connectivity index (χ3v) is 6.28. The largest absolute Gasteiger partial charge is 0.339 e. The van der Waals surface area contributed by atoms with Crippen molar-refractivity contribution >= 4 is 16.8 Å². The van der Waals surface area contributed by atoms with Gasteiger partial charge in [0.2, 0.25) is 5.91 Å². The minimum absolute atomic E-state index is 0.237. The van der Waals surface area contributed by atoms with Crippen molar-refractivity contribution < 1.29 is 4.79 Å². The molecule has 0 radical (unpaired) electrons. The summed E-state index contributed by atoms with van der Waals surface area (Å²) in [5.41, 5.74) is 3.82. The lowest BCUT2D eigenvalue weighted by Gasteiger charge is -2.34. The van der Waals surface area contributed by atoms with Gasteiger partial charge in [-0.05, 0) is 32.0 Å². The van der Waals surface area contributed by atoms with Crippen LogP contribution in [0.4, 0.5) is 0 Å². The standard InChI is InChI=1S/C21H31N5O/c1-4-23-9-11-24(12-10-23)21(27)15-26-19-6-8-25(16(2)3)14-18(19)17-5-7-22-13-20(17)26/h5,7,13,16H,4,6,8-12,14-15H2,1-3H3. The number of carbonyl (C=O) groups is 1. The fraction of sp³-hybridized carbons (Fsp3) is 0.619. The quantitative estimate of drug-likeness (QED) is 0.827. The van der Waals surface area contributed by atoms with E-state index in [0.29, 0.717) is 12.6 Å². The number of piperazine rings is 1. The summed E-state index contributed by atoms with van der Waals surface area (Å²) < 4.78 is 2.24. The summed E-state index contributed by atoms with van der Waals surface area (Å²) in [5, 5.41) is 1.26. The number of nitrogens with zero attached hydrogens (tertiary/aromatic N) is 5. The summed E-state index contributed by atoms with van der Waals surface area (Å²) in [6.07, 6.45) is 4.79. The number of pyridine rings is 1. The maximum atomic E-state index is 13.0. The average molecular weight is 370 g/mol. The number of amides is 1. The predicted molar refractivity (Wildman–Crippen MR) is 108 cm³/mol. The lowest BCUT2D eigenvalue weighted by molar-refractivity contribution is -0.133. The Morgan fingerprint density at radius 3 is 2.67 bits per heavy atom. The first-order valence-corrected chi connectivity index (χ1v) is 10.3. The first-order valence-electron chi connectivity index (χ1n) is 10.3. The maximum absolute atomic E-state index is 13.0. The normalized spacial score (nSPS) is 19.0. The van der Waals surface area contributed by atoms with Crippen molar-refractivity contribution in [1.29, 1.82) is 0 Å². The van der Waals surface area contributed by atoms with E-state index in [9.17, 15) is 4.79 Å². The molecule has 27 heavy (non-hydrogen) atoms. The van der Waals surface area contributed by atoms with Gasteiger partial charge in [-0.1, -0.05) is 6.92 Å². The molecule has 4 rings (SSSR count). The SMILES string of the molecule is CCN1CCN(C(=O)Cn2c3c(c4ccncc42)CN(C(C)C)CC3)CC1. The van der Waals surface area contributed by atoms with Gasteiger partial charge in [0.15, 0.2) is 0 Å². The molecule has 2 aromatic heterocycles. The van der Waals surface area contributed by atoms with Crippen LogP contribution in [0.5, 0.6) is 0 Å². The third-order valence-electron chi connectivity index (χ3n) is 6.28. The molecule has 6 nitrogen and oxygen atoms in total. The molecule has 146 valence electrons. The number of hydrogen-bond acceptors (Lipinski definition) is 4. The summed E-state index contributed by atoms with van der Waals surface area (Å²) >= 11 is 0. The number of hydrogen-bond donors (Lipinski definition) is 0. The molecule has 0 aromatic carbocycles. The van der Waals surface area contributed by atoms with E-state index in [1.165, 1.54) is 16.6 Å². The van der Waals surface area contributed by atoms with E-state index in [1.807, 2.05) is 17.3 Å². The molecular weight excluding hydrogens is 338 g/mol. The Labute approximate surface area is 161 Å². The first kappa shape index (κ1) is 18.4. The molecule has 4 heterocycles. The zero-order chi connectivity index (χ0) is 19.0. The molecule has 0 unspecified atom stereocenters. The highest BCUT2D eigenvalue weighted by Crippen LogP contribution is 2.31. The Morgan fingerprint density at radius 2 is 1.96 bits per heavy atom. The van der Waals surface area contributed by atoms with Gasteiger partial charge in [0.05, 0.1) is 11.7 Å². The summed E-state index contributed by atoms with van der Waals surface area (Å²) in [4.78, 5) is 24.3. The highest BCUT2D eigenvalue weighted by atomic mass is 16.2. The maximum Gasteiger partial charge on any atom is 0.242 e. The van der Waals surface area contributed by atoms with Crippen LogP contribution in [-0.4, -0.2) is 75.5 Å². The molecule has 1 saturated heterocycles. The fourth-order valence-corrected chi connectivity index (χ4v) is 4.48. The van der Waals surface area contributed by atoms with Crippen LogP contribution in [0.15, 0.2) is 18.5 Å². The summed E-state index contributed by atoms with van der Waals surface area (Å²) in [6.45, 7) is 13.9. The molecule has 0 spiro atoms. The Morgan fingerprint density at radius 1 is 1.19 bits per heavy atom. The summed E-state index contributed by atoms with van der Waals surface area (Å²) in [7, 11) is 0. The minimum Gasteiger partial charge on any atom is -0.339 e. The highest BCUT2D eigenvalue weighted by Gasteiger charge is 2.27. The van der Waals surface area contributed by atoms with Gasteiger partial charge in [-0.3, -0.25) is 14.7 Å². The van der Waals surface area contributed by atoms with Crippen molar-refractivity contribution in [2.45, 2.75) is 46.3 Å². The monoisotopic (exact) mass is 369 g/mol. The van der Waals surface area contributed by atoms with Gasteiger partial charge in [0.25, 0.3) is 0 Å². The molecule has 2 aliphatic rings. The topological polar surface area (TPSA) is 44.6 Å². The van der Waals surface area contributed by atoms with E-state index in [4.69, 9.17) is 0 Å². The van der Waals surface area contributed by atoms with Crippen LogP contribution in [0.2, 0.25) is 0 Å². The Bertz CT molecular complexity index is 819. The molecular formula is C21H31N5O. The van der Waals surface area contributed by atoms with E-state index in [-0.39, 0.29) is 5.91 Å². The van der Waals surface area contributed by atoms with Crippen molar-refractivity contribution in [3.63, 3.8) is 0 Å². The zero-order valence-electron chi connectivity index (χ0n) is 16.8. The number of fused-ring (bicyclic) bond motifs is 3. The molecule has 2 aromatic rings. The van der Waals surface area contributed by atoms with Gasteiger partial charge < -0.3 is 14.4 Å². The van der Waals surface area contributed by atoms with Gasteiger partial charge in [-0.2, -0.15) is 0 Å². The number of likely N-dealkylation sites (N-methyl/N-ethyl adjacent to an activating group) is 1. The van der Waals surface area contributed by atoms with E-state index in [1.54, 1.807) is 0 Å².